The summed E-state index contributed by atoms with van der Waals surface area (Å²) in [6.07, 6.45) is 0.0646. The number of methoxy groups -OCH3 is 1. The molecule has 0 amide bonds. The van der Waals surface area contributed by atoms with E-state index in [2.05, 4.69) is 4.74 Å². The van der Waals surface area contributed by atoms with E-state index < -0.39 is 5.54 Å². The van der Waals surface area contributed by atoms with Crippen LogP contribution in [-0.4, -0.2) is 13.1 Å². The van der Waals surface area contributed by atoms with E-state index in [1.807, 2.05) is 0 Å². The van der Waals surface area contributed by atoms with Gasteiger partial charge in [-0.05, 0) is 24.6 Å². The van der Waals surface area contributed by atoms with E-state index >= 15 is 0 Å². The number of nitrogens with two attached hydrogens (primary N) is 1. The summed E-state index contributed by atoms with van der Waals surface area (Å²) in [6.45, 7) is 1.71. The van der Waals surface area contributed by atoms with E-state index in [1.54, 1.807) is 19.1 Å². The fourth-order valence-corrected chi connectivity index (χ4v) is 1.30. The van der Waals surface area contributed by atoms with Gasteiger partial charge in [0.15, 0.2) is 0 Å². The lowest BCUT2D eigenvalue weighted by Crippen LogP contribution is -2.35. The molecule has 15 heavy (non-hydrogen) atoms. The van der Waals surface area contributed by atoms with Crippen LogP contribution in [0.15, 0.2) is 24.3 Å². The highest BCUT2D eigenvalue weighted by atomic mass is 19.1. The zero-order chi connectivity index (χ0) is 11.5. The Morgan fingerprint density at radius 3 is 2.47 bits per heavy atom. The summed E-state index contributed by atoms with van der Waals surface area (Å²) in [5.41, 5.74) is 5.81. The first kappa shape index (κ1) is 11.7. The summed E-state index contributed by atoms with van der Waals surface area (Å²) in [4.78, 5) is 11.1. The molecule has 1 aromatic rings. The fraction of sp³-hybridized carbons (Fsp3) is 0.364. The number of carbonyl (C=O) groups is 1. The van der Waals surface area contributed by atoms with Crippen LogP contribution in [0.1, 0.15) is 18.9 Å². The number of hydrogen-bond donors (Lipinski definition) is 1. The van der Waals surface area contributed by atoms with Crippen molar-refractivity contribution in [3.63, 3.8) is 0 Å². The maximum atomic E-state index is 12.7. The standard InChI is InChI=1S/C11H14FNO2/c1-11(13,7-10(14)15-2)8-3-5-9(12)6-4-8/h3-6H,7,13H2,1-2H3/t11-/m1/s1. The quantitative estimate of drug-likeness (QED) is 0.772. The first-order chi connectivity index (χ1) is 6.95. The van der Waals surface area contributed by atoms with Gasteiger partial charge in [-0.1, -0.05) is 12.1 Å². The molecule has 0 aliphatic heterocycles. The maximum absolute atomic E-state index is 12.7. The molecule has 3 nitrogen and oxygen atoms in total. The van der Waals surface area contributed by atoms with E-state index in [0.29, 0.717) is 5.56 Å². The second-order valence-corrected chi connectivity index (χ2v) is 3.68. The Morgan fingerprint density at radius 1 is 1.47 bits per heavy atom. The molecule has 0 aliphatic rings. The summed E-state index contributed by atoms with van der Waals surface area (Å²) in [5, 5.41) is 0. The van der Waals surface area contributed by atoms with Gasteiger partial charge in [0.25, 0.3) is 0 Å². The van der Waals surface area contributed by atoms with Gasteiger partial charge in [0.05, 0.1) is 13.5 Å². The van der Waals surface area contributed by atoms with E-state index in [9.17, 15) is 9.18 Å². The normalized spacial score (nSPS) is 14.4. The lowest BCUT2D eigenvalue weighted by Gasteiger charge is -2.23. The average molecular weight is 211 g/mol. The molecule has 0 saturated carbocycles. The summed E-state index contributed by atoms with van der Waals surface area (Å²) in [5.74, 6) is -0.711. The number of ether oxygens (including phenoxy) is 1. The average Bonchev–Trinajstić information content (AvgIpc) is 2.17. The summed E-state index contributed by atoms with van der Waals surface area (Å²) >= 11 is 0. The molecule has 1 rings (SSSR count). The topological polar surface area (TPSA) is 52.3 Å². The molecule has 0 aliphatic carbocycles. The van der Waals surface area contributed by atoms with Gasteiger partial charge in [-0.15, -0.1) is 0 Å². The van der Waals surface area contributed by atoms with Crippen LogP contribution in [0.3, 0.4) is 0 Å². The molecule has 1 atom stereocenters. The van der Waals surface area contributed by atoms with Crippen molar-refractivity contribution in [2.24, 2.45) is 5.73 Å². The third-order valence-corrected chi connectivity index (χ3v) is 2.24. The molecule has 2 N–H and O–H groups in total. The van der Waals surface area contributed by atoms with Gasteiger partial charge in [0.2, 0.25) is 0 Å². The van der Waals surface area contributed by atoms with Crippen LogP contribution in [0.25, 0.3) is 0 Å². The van der Waals surface area contributed by atoms with Gasteiger partial charge in [-0.25, -0.2) is 4.39 Å². The lowest BCUT2D eigenvalue weighted by atomic mass is 9.90. The molecule has 4 heteroatoms. The molecule has 0 saturated heterocycles. The summed E-state index contributed by atoms with van der Waals surface area (Å²) in [6, 6.07) is 5.77. The molecule has 0 heterocycles. The van der Waals surface area contributed by atoms with Crippen LogP contribution in [0.2, 0.25) is 0 Å². The molecule has 0 spiro atoms. The van der Waals surface area contributed by atoms with Crippen LogP contribution in [0.5, 0.6) is 0 Å². The van der Waals surface area contributed by atoms with E-state index in [0.717, 1.165) is 0 Å². The van der Waals surface area contributed by atoms with Gasteiger partial charge >= 0.3 is 5.97 Å². The Balaban J connectivity index is 2.85. The minimum Gasteiger partial charge on any atom is -0.469 e. The Kier molecular flexibility index (Phi) is 3.42. The van der Waals surface area contributed by atoms with Crippen LogP contribution in [0.4, 0.5) is 4.39 Å². The number of carbonyl (C=O) groups excluding carboxylic acids is 1. The Labute approximate surface area is 88.0 Å². The highest BCUT2D eigenvalue weighted by Gasteiger charge is 2.25. The fourth-order valence-electron chi connectivity index (χ4n) is 1.30. The van der Waals surface area contributed by atoms with Crippen LogP contribution in [-0.2, 0) is 15.1 Å². The number of benzene rings is 1. The number of esters is 1. The molecule has 0 radical (unpaired) electrons. The van der Waals surface area contributed by atoms with Gasteiger partial charge in [0, 0.05) is 5.54 Å². The smallest absolute Gasteiger partial charge is 0.307 e. The SMILES string of the molecule is COC(=O)C[C@@](C)(N)c1ccc(F)cc1. The van der Waals surface area contributed by atoms with Crippen molar-refractivity contribution in [3.8, 4) is 0 Å². The molecular weight excluding hydrogens is 197 g/mol. The van der Waals surface area contributed by atoms with Crippen molar-refractivity contribution < 1.29 is 13.9 Å². The Bertz CT molecular complexity index is 346. The van der Waals surface area contributed by atoms with Crippen molar-refractivity contribution in [2.75, 3.05) is 7.11 Å². The zero-order valence-corrected chi connectivity index (χ0v) is 8.79. The predicted molar refractivity (Wildman–Crippen MR) is 54.6 cm³/mol. The van der Waals surface area contributed by atoms with E-state index in [1.165, 1.54) is 19.2 Å². The monoisotopic (exact) mass is 211 g/mol. The number of hydrogen-bond acceptors (Lipinski definition) is 3. The van der Waals surface area contributed by atoms with Crippen LogP contribution in [0, 0.1) is 5.82 Å². The first-order valence-corrected chi connectivity index (χ1v) is 4.57. The number of halogens is 1. The summed E-state index contributed by atoms with van der Waals surface area (Å²) in [7, 11) is 1.31. The molecule has 0 unspecified atom stereocenters. The molecular formula is C11H14FNO2. The van der Waals surface area contributed by atoms with Crippen LogP contribution >= 0.6 is 0 Å². The Hall–Kier alpha value is -1.42. The van der Waals surface area contributed by atoms with Gasteiger partial charge in [0.1, 0.15) is 5.82 Å². The zero-order valence-electron chi connectivity index (χ0n) is 8.79. The summed E-state index contributed by atoms with van der Waals surface area (Å²) < 4.78 is 17.2. The van der Waals surface area contributed by atoms with Crippen molar-refractivity contribution in [1.82, 2.24) is 0 Å². The third-order valence-electron chi connectivity index (χ3n) is 2.24. The number of rotatable bonds is 3. The predicted octanol–water partition coefficient (Wildman–Crippen LogP) is 1.56. The minimum atomic E-state index is -0.833. The van der Waals surface area contributed by atoms with Gasteiger partial charge in [-0.2, -0.15) is 0 Å². The molecule has 82 valence electrons. The third kappa shape index (κ3) is 3.02. The van der Waals surface area contributed by atoms with E-state index in [4.69, 9.17) is 5.73 Å². The van der Waals surface area contributed by atoms with Crippen molar-refractivity contribution in [3.05, 3.63) is 35.6 Å². The minimum absolute atomic E-state index is 0.0646. The van der Waals surface area contributed by atoms with Gasteiger partial charge < -0.3 is 10.5 Å². The van der Waals surface area contributed by atoms with Gasteiger partial charge in [-0.3, -0.25) is 4.79 Å². The lowest BCUT2D eigenvalue weighted by molar-refractivity contribution is -0.141. The Morgan fingerprint density at radius 2 is 2.00 bits per heavy atom. The second-order valence-electron chi connectivity index (χ2n) is 3.68. The molecule has 1 aromatic carbocycles. The molecule has 0 fully saturated rings. The van der Waals surface area contributed by atoms with Crippen molar-refractivity contribution in [2.45, 2.75) is 18.9 Å². The first-order valence-electron chi connectivity index (χ1n) is 4.57. The molecule has 0 bridgehead atoms. The highest BCUT2D eigenvalue weighted by Crippen LogP contribution is 2.22. The molecule has 0 aromatic heterocycles. The highest BCUT2D eigenvalue weighted by molar-refractivity contribution is 5.71. The largest absolute Gasteiger partial charge is 0.469 e. The van der Waals surface area contributed by atoms with E-state index in [-0.39, 0.29) is 18.2 Å². The second kappa shape index (κ2) is 4.40. The maximum Gasteiger partial charge on any atom is 0.307 e. The van der Waals surface area contributed by atoms with Crippen molar-refractivity contribution in [1.29, 1.82) is 0 Å². The van der Waals surface area contributed by atoms with Crippen molar-refractivity contribution >= 4 is 5.97 Å². The van der Waals surface area contributed by atoms with Crippen LogP contribution < -0.4 is 5.73 Å².